The molecular weight excluding hydrogens is 709 g/mol. The molecule has 290 valence electrons. The van der Waals surface area contributed by atoms with Crippen molar-refractivity contribution in [3.63, 3.8) is 0 Å². The number of hydrogen-bond donors (Lipinski definition) is 4. The Balaban J connectivity index is 0.000000192. The Bertz CT molecular complexity index is 2040. The molecule has 2 atom stereocenters. The second-order valence-corrected chi connectivity index (χ2v) is 13.0. The third kappa shape index (κ3) is 12.0. The molecule has 0 fully saturated rings. The predicted molar refractivity (Wildman–Crippen MR) is 217 cm³/mol. The van der Waals surface area contributed by atoms with Crippen LogP contribution >= 0.6 is 0 Å². The fourth-order valence-corrected chi connectivity index (χ4v) is 6.05. The van der Waals surface area contributed by atoms with E-state index in [0.29, 0.717) is 28.6 Å². The summed E-state index contributed by atoms with van der Waals surface area (Å²) in [6.45, 7) is 2.21. The highest BCUT2D eigenvalue weighted by molar-refractivity contribution is 5.92. The highest BCUT2D eigenvalue weighted by Gasteiger charge is 2.44. The van der Waals surface area contributed by atoms with Gasteiger partial charge >= 0.3 is 17.9 Å². The first-order valence-electron chi connectivity index (χ1n) is 18.6. The van der Waals surface area contributed by atoms with Gasteiger partial charge in [0.25, 0.3) is 0 Å². The zero-order chi connectivity index (χ0) is 40.2. The second-order valence-electron chi connectivity index (χ2n) is 13.0. The fraction of sp³-hybridized carbons (Fsp3) is 0.213. The summed E-state index contributed by atoms with van der Waals surface area (Å²) in [5, 5.41) is 37.7. The van der Waals surface area contributed by atoms with Crippen LogP contribution in [0.1, 0.15) is 77.3 Å². The summed E-state index contributed by atoms with van der Waals surface area (Å²) in [7, 11) is 0. The van der Waals surface area contributed by atoms with Gasteiger partial charge in [0, 0.05) is 0 Å². The third-order valence-corrected chi connectivity index (χ3v) is 9.01. The Kier molecular flexibility index (Phi) is 16.7. The lowest BCUT2D eigenvalue weighted by atomic mass is 9.73. The van der Waals surface area contributed by atoms with Gasteiger partial charge in [-0.3, -0.25) is 4.79 Å². The quantitative estimate of drug-likeness (QED) is 0.0765. The average Bonchev–Trinajstić information content (AvgIpc) is 3.21. The van der Waals surface area contributed by atoms with Crippen LogP contribution in [0, 0.1) is 0 Å². The van der Waals surface area contributed by atoms with Crippen LogP contribution in [-0.2, 0) is 16.6 Å². The van der Waals surface area contributed by atoms with E-state index < -0.39 is 29.4 Å². The van der Waals surface area contributed by atoms with Crippen molar-refractivity contribution in [1.29, 1.82) is 0 Å². The molecule has 0 amide bonds. The number of hydrogen-bond acceptors (Lipinski definition) is 6. The molecule has 9 nitrogen and oxygen atoms in total. The highest BCUT2D eigenvalue weighted by Crippen LogP contribution is 2.34. The van der Waals surface area contributed by atoms with Crippen molar-refractivity contribution in [1.82, 2.24) is 0 Å². The number of unbranched alkanes of at least 4 members (excludes halogenated alkanes) is 5. The van der Waals surface area contributed by atoms with Crippen LogP contribution in [0.25, 0.3) is 0 Å². The maximum atomic E-state index is 11.5. The van der Waals surface area contributed by atoms with Crippen molar-refractivity contribution in [2.45, 2.75) is 63.4 Å². The van der Waals surface area contributed by atoms with E-state index >= 15 is 0 Å². The van der Waals surface area contributed by atoms with Gasteiger partial charge in [0.15, 0.2) is 0 Å². The Morgan fingerprint density at radius 3 is 1.71 bits per heavy atom. The number of aromatic carboxylic acids is 2. The summed E-state index contributed by atoms with van der Waals surface area (Å²) in [5.41, 5.74) is 0.564. The van der Waals surface area contributed by atoms with Crippen LogP contribution in [0.2, 0.25) is 0 Å². The number of carboxylic acids is 3. The smallest absolute Gasteiger partial charge is 0.339 e. The summed E-state index contributed by atoms with van der Waals surface area (Å²) in [4.78, 5) is 33.9. The largest absolute Gasteiger partial charge is 0.480 e. The van der Waals surface area contributed by atoms with Gasteiger partial charge in [0.05, 0.1) is 6.10 Å². The zero-order valence-electron chi connectivity index (χ0n) is 31.4. The van der Waals surface area contributed by atoms with Crippen molar-refractivity contribution in [2.24, 2.45) is 0 Å². The lowest BCUT2D eigenvalue weighted by Crippen LogP contribution is -2.45. The first-order valence-corrected chi connectivity index (χ1v) is 18.6. The number of para-hydroxylation sites is 4. The molecule has 0 radical (unpaired) electrons. The summed E-state index contributed by atoms with van der Waals surface area (Å²) in [6, 6.07) is 39.1. The number of carbonyl (C=O) groups is 3. The number of aliphatic carboxylic acids is 1. The standard InChI is InChI=1S/C21H26O3.C13H12O3.C13H10O3/c1-2-3-4-5-6-8-12-17-13-11-16-19(21(22)23)20(17)24-18-14-9-7-10-15-18;14-11-8-4-5-9-13(11,12(15)16)10-6-2-1-3-7-10;14-13(15)11-8-4-5-9-12(11)16-10-6-2-1-3-7-10/h7,9-11,13-16H,2-6,8,12H2,1H3,(H,22,23);1-9,11,14H,(H,15,16);1-9H,(H,14,15). The predicted octanol–water partition coefficient (Wildman–Crippen LogP) is 10.8. The van der Waals surface area contributed by atoms with Gasteiger partial charge in [-0.15, -0.1) is 0 Å². The summed E-state index contributed by atoms with van der Waals surface area (Å²) < 4.78 is 11.4. The topological polar surface area (TPSA) is 151 Å². The summed E-state index contributed by atoms with van der Waals surface area (Å²) in [6.07, 6.45) is 13.4. The molecule has 56 heavy (non-hydrogen) atoms. The van der Waals surface area contributed by atoms with Crippen molar-refractivity contribution < 1.29 is 44.3 Å². The SMILES string of the molecule is CCCCCCCCc1cccc(C(=O)O)c1Oc1ccccc1.O=C(O)C1(c2ccccc2)C=CC=CC1O.O=C(O)c1ccccc1Oc1ccccc1. The van der Waals surface area contributed by atoms with E-state index in [9.17, 15) is 29.7 Å². The van der Waals surface area contributed by atoms with E-state index in [0.717, 1.165) is 18.4 Å². The monoisotopic (exact) mass is 756 g/mol. The molecular formula is C47H48O9. The zero-order valence-corrected chi connectivity index (χ0v) is 31.4. The minimum Gasteiger partial charge on any atom is -0.480 e. The average molecular weight is 757 g/mol. The number of ether oxygens (including phenoxy) is 2. The Morgan fingerprint density at radius 1 is 0.589 bits per heavy atom. The molecule has 0 aromatic heterocycles. The van der Waals surface area contributed by atoms with Crippen molar-refractivity contribution in [3.8, 4) is 23.0 Å². The minimum absolute atomic E-state index is 0.159. The van der Waals surface area contributed by atoms with Crippen LogP contribution in [0.4, 0.5) is 0 Å². The number of aliphatic hydroxyl groups is 1. The van der Waals surface area contributed by atoms with Gasteiger partial charge in [-0.05, 0) is 66.4 Å². The Labute approximate surface area is 327 Å². The lowest BCUT2D eigenvalue weighted by Gasteiger charge is -2.31. The molecule has 9 heteroatoms. The first kappa shape index (κ1) is 42.3. The normalized spacial score (nSPS) is 15.3. The minimum atomic E-state index is -1.37. The van der Waals surface area contributed by atoms with E-state index in [1.54, 1.807) is 78.9 Å². The third-order valence-electron chi connectivity index (χ3n) is 9.01. The van der Waals surface area contributed by atoms with E-state index in [1.807, 2.05) is 60.7 Å². The Morgan fingerprint density at radius 2 is 1.12 bits per heavy atom. The molecule has 5 aromatic rings. The lowest BCUT2D eigenvalue weighted by molar-refractivity contribution is -0.144. The second kappa shape index (κ2) is 22.1. The molecule has 4 N–H and O–H groups in total. The number of aryl methyl sites for hydroxylation is 1. The number of allylic oxidation sites excluding steroid dienone is 2. The fourth-order valence-electron chi connectivity index (χ4n) is 6.05. The molecule has 1 aliphatic rings. The molecule has 0 heterocycles. The van der Waals surface area contributed by atoms with Crippen LogP contribution in [-0.4, -0.2) is 44.4 Å². The first-order chi connectivity index (χ1) is 27.2. The van der Waals surface area contributed by atoms with Crippen LogP contribution in [0.3, 0.4) is 0 Å². The molecule has 0 aliphatic heterocycles. The number of aliphatic hydroxyl groups excluding tert-OH is 1. The molecule has 2 unspecified atom stereocenters. The molecule has 1 aliphatic carbocycles. The van der Waals surface area contributed by atoms with Crippen molar-refractivity contribution in [3.05, 3.63) is 180 Å². The van der Waals surface area contributed by atoms with Gasteiger partial charge in [-0.25, -0.2) is 9.59 Å². The highest BCUT2D eigenvalue weighted by atomic mass is 16.5. The summed E-state index contributed by atoms with van der Waals surface area (Å²) >= 11 is 0. The van der Waals surface area contributed by atoms with Crippen molar-refractivity contribution in [2.75, 3.05) is 0 Å². The molecule has 0 saturated heterocycles. The molecule has 0 spiro atoms. The maximum Gasteiger partial charge on any atom is 0.339 e. The van der Waals surface area contributed by atoms with Gasteiger partial charge in [-0.1, -0.05) is 154 Å². The van der Waals surface area contributed by atoms with Crippen LogP contribution in [0.5, 0.6) is 23.0 Å². The number of rotatable bonds is 15. The van der Waals surface area contributed by atoms with Crippen LogP contribution < -0.4 is 9.47 Å². The summed E-state index contributed by atoms with van der Waals surface area (Å²) in [5.74, 6) is -0.887. The maximum absolute atomic E-state index is 11.5. The van der Waals surface area contributed by atoms with Gasteiger partial charge in [0.2, 0.25) is 0 Å². The number of carboxylic acid groups (broad SMARTS) is 3. The van der Waals surface area contributed by atoms with E-state index in [1.165, 1.54) is 50.3 Å². The van der Waals surface area contributed by atoms with Gasteiger partial charge in [0.1, 0.15) is 39.5 Å². The Hall–Kier alpha value is -6.45. The van der Waals surface area contributed by atoms with Gasteiger partial charge in [-0.2, -0.15) is 0 Å². The number of benzene rings is 5. The van der Waals surface area contributed by atoms with E-state index in [2.05, 4.69) is 6.92 Å². The van der Waals surface area contributed by atoms with E-state index in [4.69, 9.17) is 14.6 Å². The molecule has 6 rings (SSSR count). The van der Waals surface area contributed by atoms with E-state index in [-0.39, 0.29) is 11.1 Å². The molecule has 0 saturated carbocycles. The van der Waals surface area contributed by atoms with Crippen LogP contribution in [0.15, 0.2) is 158 Å². The van der Waals surface area contributed by atoms with Gasteiger partial charge < -0.3 is 29.9 Å². The molecule has 0 bridgehead atoms. The molecule has 5 aromatic carbocycles. The van der Waals surface area contributed by atoms with Crippen molar-refractivity contribution >= 4 is 17.9 Å².